The molecule has 0 saturated carbocycles. The monoisotopic (exact) mass is 507 g/mol. The third kappa shape index (κ3) is 4.63. The average molecular weight is 508 g/mol. The van der Waals surface area contributed by atoms with E-state index in [9.17, 15) is 0 Å². The first kappa shape index (κ1) is 22.4. The molecule has 0 fully saturated rings. The van der Waals surface area contributed by atoms with Crippen LogP contribution in [0.5, 0.6) is 5.75 Å². The Morgan fingerprint density at radius 2 is 1.82 bits per heavy atom. The van der Waals surface area contributed by atoms with Gasteiger partial charge in [-0.15, -0.1) is 0 Å². The Kier molecular flexibility index (Phi) is 6.49. The smallest absolute Gasteiger partial charge is 0.214 e. The second-order valence-corrected chi connectivity index (χ2v) is 8.78. The van der Waals surface area contributed by atoms with Gasteiger partial charge in [-0.2, -0.15) is 5.10 Å². The van der Waals surface area contributed by atoms with Gasteiger partial charge in [-0.05, 0) is 53.3 Å². The van der Waals surface area contributed by atoms with Crippen molar-refractivity contribution in [1.82, 2.24) is 19.9 Å². The molecular formula is C25H19Cl2N5OS. The predicted octanol–water partition coefficient (Wildman–Crippen LogP) is 6.79. The maximum Gasteiger partial charge on any atom is 0.214 e. The quantitative estimate of drug-likeness (QED) is 0.237. The fourth-order valence-electron chi connectivity index (χ4n) is 3.72. The van der Waals surface area contributed by atoms with Crippen LogP contribution in [0.2, 0.25) is 10.0 Å². The predicted molar refractivity (Wildman–Crippen MR) is 138 cm³/mol. The number of aromatic amines is 1. The van der Waals surface area contributed by atoms with Gasteiger partial charge in [0, 0.05) is 39.1 Å². The Morgan fingerprint density at radius 3 is 2.65 bits per heavy atom. The number of hydrogen-bond donors (Lipinski definition) is 2. The molecule has 0 bridgehead atoms. The molecule has 0 aliphatic carbocycles. The highest BCUT2D eigenvalue weighted by atomic mass is 35.5. The van der Waals surface area contributed by atoms with E-state index in [2.05, 4.69) is 32.7 Å². The van der Waals surface area contributed by atoms with Crippen molar-refractivity contribution in [1.29, 1.82) is 0 Å². The fraction of sp³-hybridized carbons (Fsp3) is 0.0800. The summed E-state index contributed by atoms with van der Waals surface area (Å²) in [6, 6.07) is 21.3. The summed E-state index contributed by atoms with van der Waals surface area (Å²) in [5, 5.41) is 10.6. The van der Waals surface area contributed by atoms with Crippen molar-refractivity contribution in [2.75, 3.05) is 5.43 Å². The number of H-pyrrole nitrogens is 1. The molecule has 0 radical (unpaired) electrons. The molecule has 0 atom stereocenters. The van der Waals surface area contributed by atoms with Crippen LogP contribution >= 0.6 is 35.4 Å². The Hall–Kier alpha value is -3.39. The summed E-state index contributed by atoms with van der Waals surface area (Å²) in [5.74, 6) is 1.42. The first-order chi connectivity index (χ1) is 16.6. The number of nitrogens with one attached hydrogen (secondary N) is 2. The molecule has 0 aliphatic rings. The summed E-state index contributed by atoms with van der Waals surface area (Å²) in [6.45, 7) is 0.770. The van der Waals surface area contributed by atoms with Crippen LogP contribution in [0.1, 0.15) is 11.1 Å². The lowest BCUT2D eigenvalue weighted by molar-refractivity contribution is 0.303. The van der Waals surface area contributed by atoms with Crippen LogP contribution < -0.4 is 10.2 Å². The van der Waals surface area contributed by atoms with E-state index >= 15 is 0 Å². The number of ether oxygens (including phenoxy) is 1. The average Bonchev–Trinajstić information content (AvgIpc) is 3.23. The van der Waals surface area contributed by atoms with E-state index < -0.39 is 0 Å². The van der Waals surface area contributed by atoms with E-state index in [4.69, 9.17) is 40.2 Å². The molecule has 0 aliphatic heterocycles. The number of rotatable bonds is 7. The Morgan fingerprint density at radius 1 is 1.00 bits per heavy atom. The minimum Gasteiger partial charge on any atom is -0.488 e. The van der Waals surface area contributed by atoms with Crippen molar-refractivity contribution >= 4 is 46.2 Å². The first-order valence-electron chi connectivity index (χ1n) is 10.5. The number of hydrogen-bond acceptors (Lipinski definition) is 5. The highest BCUT2D eigenvalue weighted by Gasteiger charge is 2.13. The van der Waals surface area contributed by atoms with Gasteiger partial charge in [-0.1, -0.05) is 59.6 Å². The molecule has 5 aromatic rings. The van der Waals surface area contributed by atoms with Crippen LogP contribution in [-0.2, 0) is 13.2 Å². The van der Waals surface area contributed by atoms with Gasteiger partial charge < -0.3 is 10.2 Å². The van der Waals surface area contributed by atoms with E-state index in [1.54, 1.807) is 29.2 Å². The van der Waals surface area contributed by atoms with Crippen LogP contribution in [0.4, 0.5) is 0 Å². The van der Waals surface area contributed by atoms with Crippen molar-refractivity contribution in [2.24, 2.45) is 0 Å². The van der Waals surface area contributed by atoms with E-state index in [1.807, 2.05) is 42.5 Å². The molecule has 6 nitrogen and oxygen atoms in total. The lowest BCUT2D eigenvalue weighted by atomic mass is 10.0. The number of halogens is 2. The number of benzene rings is 3. The van der Waals surface area contributed by atoms with Crippen LogP contribution in [0, 0.1) is 4.77 Å². The molecule has 34 heavy (non-hydrogen) atoms. The normalized spacial score (nSPS) is 11.0. The van der Waals surface area contributed by atoms with E-state index in [0.717, 1.165) is 33.2 Å². The van der Waals surface area contributed by atoms with Gasteiger partial charge in [0.25, 0.3) is 0 Å². The zero-order valence-electron chi connectivity index (χ0n) is 17.8. The summed E-state index contributed by atoms with van der Waals surface area (Å²) in [4.78, 5) is 4.08. The molecule has 170 valence electrons. The fourth-order valence-corrected chi connectivity index (χ4v) is 4.38. The molecule has 0 saturated heterocycles. The highest BCUT2D eigenvalue weighted by Crippen LogP contribution is 2.30. The molecule has 2 heterocycles. The molecule has 0 unspecified atom stereocenters. The lowest BCUT2D eigenvalue weighted by Gasteiger charge is -2.17. The van der Waals surface area contributed by atoms with Crippen molar-refractivity contribution in [3.05, 3.63) is 105 Å². The zero-order valence-corrected chi connectivity index (χ0v) is 20.2. The summed E-state index contributed by atoms with van der Waals surface area (Å²) >= 11 is 17.8. The summed E-state index contributed by atoms with van der Waals surface area (Å²) < 4.78 is 8.45. The van der Waals surface area contributed by atoms with Gasteiger partial charge in [0.05, 0.1) is 6.54 Å². The number of aromatic nitrogens is 4. The summed E-state index contributed by atoms with van der Waals surface area (Å²) in [6.07, 6.45) is 3.44. The molecular weight excluding hydrogens is 489 g/mol. The second-order valence-electron chi connectivity index (χ2n) is 7.55. The standard InChI is InChI=1S/C25H19Cl2N5OS/c26-19-7-5-18(22(27)13-19)15-33-23-8-6-16-3-1-2-4-20(16)21(23)14-29-32-24(30-31-25(32)34)17-9-11-28-12-10-17/h1-13,29H,14-15H2,(H,31,34). The molecule has 0 amide bonds. The molecule has 0 spiro atoms. The molecule has 5 rings (SSSR count). The van der Waals surface area contributed by atoms with Crippen LogP contribution in [0.15, 0.2) is 79.1 Å². The minimum atomic E-state index is 0.314. The van der Waals surface area contributed by atoms with Gasteiger partial charge >= 0.3 is 0 Å². The van der Waals surface area contributed by atoms with Gasteiger partial charge in [0.1, 0.15) is 12.4 Å². The number of fused-ring (bicyclic) bond motifs is 1. The van der Waals surface area contributed by atoms with E-state index in [0.29, 0.717) is 33.8 Å². The third-order valence-corrected chi connectivity index (χ3v) is 6.28. The largest absolute Gasteiger partial charge is 0.488 e. The summed E-state index contributed by atoms with van der Waals surface area (Å²) in [5.41, 5.74) is 6.14. The lowest BCUT2D eigenvalue weighted by Crippen LogP contribution is -2.17. The minimum absolute atomic E-state index is 0.314. The Bertz CT molecular complexity index is 1520. The second kappa shape index (κ2) is 9.85. The molecule has 9 heteroatoms. The number of nitrogens with zero attached hydrogens (tertiary/aromatic N) is 3. The SMILES string of the molecule is S=c1[nH]nc(-c2ccncc2)n1NCc1c(OCc2ccc(Cl)cc2Cl)ccc2ccccc12. The Labute approximate surface area is 211 Å². The maximum absolute atomic E-state index is 6.35. The van der Waals surface area contributed by atoms with Crippen LogP contribution in [-0.4, -0.2) is 19.9 Å². The molecule has 2 N–H and O–H groups in total. The van der Waals surface area contributed by atoms with Gasteiger partial charge in [0.2, 0.25) is 4.77 Å². The van der Waals surface area contributed by atoms with Gasteiger partial charge in [-0.3, -0.25) is 4.98 Å². The van der Waals surface area contributed by atoms with Crippen LogP contribution in [0.25, 0.3) is 22.2 Å². The highest BCUT2D eigenvalue weighted by molar-refractivity contribution is 7.71. The van der Waals surface area contributed by atoms with Crippen LogP contribution in [0.3, 0.4) is 0 Å². The van der Waals surface area contributed by atoms with E-state index in [1.165, 1.54) is 0 Å². The maximum atomic E-state index is 6.35. The molecule has 2 aromatic heterocycles. The Balaban J connectivity index is 1.47. The molecule has 3 aromatic carbocycles. The summed E-state index contributed by atoms with van der Waals surface area (Å²) in [7, 11) is 0. The van der Waals surface area contributed by atoms with Crippen molar-refractivity contribution in [3.8, 4) is 17.1 Å². The number of pyridine rings is 1. The van der Waals surface area contributed by atoms with Gasteiger partial charge in [0.15, 0.2) is 5.82 Å². The first-order valence-corrected chi connectivity index (χ1v) is 11.7. The topological polar surface area (TPSA) is 67.8 Å². The van der Waals surface area contributed by atoms with Crippen molar-refractivity contribution in [2.45, 2.75) is 13.2 Å². The zero-order chi connectivity index (χ0) is 23.5. The van der Waals surface area contributed by atoms with E-state index in [-0.39, 0.29) is 0 Å². The third-order valence-electron chi connectivity index (χ3n) is 5.42. The van der Waals surface area contributed by atoms with Crippen molar-refractivity contribution < 1.29 is 4.74 Å². The van der Waals surface area contributed by atoms with Crippen molar-refractivity contribution in [3.63, 3.8) is 0 Å². The van der Waals surface area contributed by atoms with Gasteiger partial charge in [-0.25, -0.2) is 9.77 Å².